The number of hydrogen-bond donors (Lipinski definition) is 4. The fourth-order valence-corrected chi connectivity index (χ4v) is 2.84. The fourth-order valence-electron chi connectivity index (χ4n) is 2.84. The zero-order valence-corrected chi connectivity index (χ0v) is 13.0. The largest absolute Gasteiger partial charge is 0.507 e. The standard InChI is InChI=1S/C17H19NO6/c1-9-2-4-10(5-3-9)13-11(20)6-7-18(16(13)23)17-15(22)14(21)12(8-19)24-17/h2-7,12,14-15,17,19-22H,8H2,1H3/t12-,14-,15-,17-/m1/s1. The Bertz CT molecular complexity index is 785. The van der Waals surface area contributed by atoms with Gasteiger partial charge in [0.25, 0.3) is 5.56 Å². The van der Waals surface area contributed by atoms with Gasteiger partial charge >= 0.3 is 0 Å². The third-order valence-electron chi connectivity index (χ3n) is 4.23. The van der Waals surface area contributed by atoms with Crippen molar-refractivity contribution in [3.05, 3.63) is 52.4 Å². The molecule has 0 spiro atoms. The van der Waals surface area contributed by atoms with E-state index >= 15 is 0 Å². The SMILES string of the molecule is Cc1ccc(-c2c(O)ccn([C@@H]3O[C@H](CO)[C@@H](O)[C@H]3O)c2=O)cc1. The molecule has 0 aliphatic carbocycles. The van der Waals surface area contributed by atoms with Crippen LogP contribution in [0.3, 0.4) is 0 Å². The van der Waals surface area contributed by atoms with Crippen LogP contribution in [0.4, 0.5) is 0 Å². The van der Waals surface area contributed by atoms with E-state index in [4.69, 9.17) is 9.84 Å². The molecule has 1 aromatic carbocycles. The highest BCUT2D eigenvalue weighted by Gasteiger charge is 2.43. The summed E-state index contributed by atoms with van der Waals surface area (Å²) in [6.45, 7) is 1.43. The summed E-state index contributed by atoms with van der Waals surface area (Å²) in [4.78, 5) is 12.8. The number of benzene rings is 1. The lowest BCUT2D eigenvalue weighted by Gasteiger charge is -2.19. The van der Waals surface area contributed by atoms with Crippen molar-refractivity contribution in [2.75, 3.05) is 6.61 Å². The summed E-state index contributed by atoms with van der Waals surface area (Å²) >= 11 is 0. The van der Waals surface area contributed by atoms with Crippen LogP contribution in [0.1, 0.15) is 11.8 Å². The highest BCUT2D eigenvalue weighted by atomic mass is 16.6. The predicted octanol–water partition coefficient (Wildman–Crippen LogP) is 0.141. The van der Waals surface area contributed by atoms with Crippen molar-refractivity contribution in [3.8, 4) is 16.9 Å². The fraction of sp³-hybridized carbons (Fsp3) is 0.353. The van der Waals surface area contributed by atoms with Crippen molar-refractivity contribution in [2.24, 2.45) is 0 Å². The molecule has 0 bridgehead atoms. The summed E-state index contributed by atoms with van der Waals surface area (Å²) in [7, 11) is 0. The molecule has 0 unspecified atom stereocenters. The number of aromatic hydroxyl groups is 1. The first-order chi connectivity index (χ1) is 11.4. The smallest absolute Gasteiger partial charge is 0.264 e. The molecule has 1 aromatic heterocycles. The molecule has 7 heteroatoms. The van der Waals surface area contributed by atoms with Gasteiger partial charge in [-0.15, -0.1) is 0 Å². The summed E-state index contributed by atoms with van der Waals surface area (Å²) in [6, 6.07) is 8.39. The zero-order valence-electron chi connectivity index (χ0n) is 13.0. The molecule has 2 heterocycles. The molecule has 1 saturated heterocycles. The molecule has 4 N–H and O–H groups in total. The Morgan fingerprint density at radius 2 is 1.79 bits per heavy atom. The molecule has 4 atom stereocenters. The molecular weight excluding hydrogens is 314 g/mol. The van der Waals surface area contributed by atoms with Crippen LogP contribution >= 0.6 is 0 Å². The van der Waals surface area contributed by atoms with Crippen LogP contribution in [0.2, 0.25) is 0 Å². The van der Waals surface area contributed by atoms with Crippen molar-refractivity contribution in [2.45, 2.75) is 31.5 Å². The third kappa shape index (κ3) is 2.71. The Kier molecular flexibility index (Phi) is 4.42. The van der Waals surface area contributed by atoms with Crippen LogP contribution < -0.4 is 5.56 Å². The average molecular weight is 333 g/mol. The van der Waals surface area contributed by atoms with Crippen LogP contribution in [-0.4, -0.2) is 49.9 Å². The lowest BCUT2D eigenvalue weighted by molar-refractivity contribution is -0.0543. The molecular formula is C17H19NO6. The molecule has 0 saturated carbocycles. The first-order valence-electron chi connectivity index (χ1n) is 7.57. The van der Waals surface area contributed by atoms with Crippen LogP contribution in [0.5, 0.6) is 5.75 Å². The third-order valence-corrected chi connectivity index (χ3v) is 4.23. The van der Waals surface area contributed by atoms with Crippen molar-refractivity contribution >= 4 is 0 Å². The van der Waals surface area contributed by atoms with Gasteiger partial charge in [0.15, 0.2) is 6.23 Å². The van der Waals surface area contributed by atoms with Gasteiger partial charge in [-0.1, -0.05) is 29.8 Å². The van der Waals surface area contributed by atoms with Gasteiger partial charge in [-0.25, -0.2) is 0 Å². The Morgan fingerprint density at radius 3 is 2.38 bits per heavy atom. The van der Waals surface area contributed by atoms with E-state index in [0.717, 1.165) is 10.1 Å². The summed E-state index contributed by atoms with van der Waals surface area (Å²) < 4.78 is 6.49. The molecule has 2 aromatic rings. The minimum Gasteiger partial charge on any atom is -0.507 e. The first-order valence-corrected chi connectivity index (χ1v) is 7.57. The van der Waals surface area contributed by atoms with Crippen molar-refractivity contribution in [1.29, 1.82) is 0 Å². The van der Waals surface area contributed by atoms with E-state index in [-0.39, 0.29) is 11.3 Å². The van der Waals surface area contributed by atoms with Crippen molar-refractivity contribution in [1.82, 2.24) is 4.57 Å². The minimum atomic E-state index is -1.37. The number of aliphatic hydroxyl groups excluding tert-OH is 3. The highest BCUT2D eigenvalue weighted by Crippen LogP contribution is 2.31. The Hall–Kier alpha value is -2.19. The van der Waals surface area contributed by atoms with Crippen molar-refractivity contribution in [3.63, 3.8) is 0 Å². The van der Waals surface area contributed by atoms with E-state index in [0.29, 0.717) is 5.56 Å². The predicted molar refractivity (Wildman–Crippen MR) is 85.5 cm³/mol. The topological polar surface area (TPSA) is 112 Å². The van der Waals surface area contributed by atoms with Crippen LogP contribution in [0.25, 0.3) is 11.1 Å². The Morgan fingerprint density at radius 1 is 1.12 bits per heavy atom. The van der Waals surface area contributed by atoms with E-state index in [1.54, 1.807) is 12.1 Å². The van der Waals surface area contributed by atoms with Gasteiger partial charge in [0.1, 0.15) is 24.1 Å². The van der Waals surface area contributed by atoms with Gasteiger partial charge in [0, 0.05) is 6.20 Å². The molecule has 0 radical (unpaired) electrons. The monoisotopic (exact) mass is 333 g/mol. The lowest BCUT2D eigenvalue weighted by Crippen LogP contribution is -2.35. The highest BCUT2D eigenvalue weighted by molar-refractivity contribution is 5.69. The number of rotatable bonds is 3. The van der Waals surface area contributed by atoms with Gasteiger partial charge in [-0.2, -0.15) is 0 Å². The van der Waals surface area contributed by atoms with E-state index in [1.165, 1.54) is 12.3 Å². The normalized spacial score (nSPS) is 26.7. The Labute approximate surface area is 138 Å². The number of ether oxygens (including phenoxy) is 1. The second-order valence-electron chi connectivity index (χ2n) is 5.88. The van der Waals surface area contributed by atoms with E-state index in [9.17, 15) is 20.1 Å². The minimum absolute atomic E-state index is 0.0789. The first kappa shape index (κ1) is 16.7. The van der Waals surface area contributed by atoms with Gasteiger partial charge in [-0.3, -0.25) is 9.36 Å². The molecule has 24 heavy (non-hydrogen) atoms. The molecule has 1 aliphatic heterocycles. The van der Waals surface area contributed by atoms with Crippen molar-refractivity contribution < 1.29 is 25.2 Å². The average Bonchev–Trinajstić information content (AvgIpc) is 2.85. The molecule has 128 valence electrons. The summed E-state index contributed by atoms with van der Waals surface area (Å²) in [5.41, 5.74) is 1.06. The summed E-state index contributed by atoms with van der Waals surface area (Å²) in [6.07, 6.45) is -3.50. The number of hydrogen-bond acceptors (Lipinski definition) is 6. The zero-order chi connectivity index (χ0) is 17.4. The second kappa shape index (κ2) is 6.37. The lowest BCUT2D eigenvalue weighted by atomic mass is 10.0. The number of nitrogens with zero attached hydrogens (tertiary/aromatic N) is 1. The van der Waals surface area contributed by atoms with Gasteiger partial charge in [0.2, 0.25) is 0 Å². The molecule has 3 rings (SSSR count). The maximum Gasteiger partial charge on any atom is 0.264 e. The number of aromatic nitrogens is 1. The molecule has 1 aliphatic rings. The summed E-state index contributed by atoms with van der Waals surface area (Å²) in [5.74, 6) is -0.188. The maximum atomic E-state index is 12.8. The van der Waals surface area contributed by atoms with Gasteiger partial charge in [0.05, 0.1) is 12.2 Å². The number of aryl methyl sites for hydroxylation is 1. The van der Waals surface area contributed by atoms with Crippen LogP contribution in [-0.2, 0) is 4.74 Å². The maximum absolute atomic E-state index is 12.8. The van der Waals surface area contributed by atoms with Gasteiger partial charge < -0.3 is 25.2 Å². The second-order valence-corrected chi connectivity index (χ2v) is 5.88. The van der Waals surface area contributed by atoms with E-state index < -0.39 is 36.7 Å². The molecule has 1 fully saturated rings. The van der Waals surface area contributed by atoms with E-state index in [1.807, 2.05) is 19.1 Å². The molecule has 7 nitrogen and oxygen atoms in total. The number of aliphatic hydroxyl groups is 3. The van der Waals surface area contributed by atoms with Crippen LogP contribution in [0.15, 0.2) is 41.3 Å². The van der Waals surface area contributed by atoms with E-state index in [2.05, 4.69) is 0 Å². The van der Waals surface area contributed by atoms with Gasteiger partial charge in [-0.05, 0) is 18.6 Å². The number of pyridine rings is 1. The molecule has 0 amide bonds. The summed E-state index contributed by atoms with van der Waals surface area (Å²) in [5, 5.41) is 39.2. The van der Waals surface area contributed by atoms with Crippen LogP contribution in [0, 0.1) is 6.92 Å². The quantitative estimate of drug-likeness (QED) is 0.636. The Balaban J connectivity index is 2.07.